The molecule has 0 saturated heterocycles. The Hall–Kier alpha value is -0.270. The van der Waals surface area contributed by atoms with Gasteiger partial charge in [0, 0.05) is 21.5 Å². The molecule has 108 valence electrons. The number of rotatable bonds is 6. The van der Waals surface area contributed by atoms with Gasteiger partial charge in [-0.05, 0) is 24.6 Å². The maximum atomic E-state index is 11.9. The summed E-state index contributed by atoms with van der Waals surface area (Å²) in [6.45, 7) is -1.20. The number of alkyl halides is 4. The van der Waals surface area contributed by atoms with Gasteiger partial charge in [-0.1, -0.05) is 31.9 Å². The van der Waals surface area contributed by atoms with E-state index in [4.69, 9.17) is 4.74 Å². The molecule has 0 heterocycles. The van der Waals surface area contributed by atoms with Crippen LogP contribution in [-0.2, 0) is 4.74 Å². The molecule has 0 saturated carbocycles. The predicted octanol–water partition coefficient (Wildman–Crippen LogP) is 4.86. The van der Waals surface area contributed by atoms with E-state index in [-0.39, 0.29) is 11.4 Å². The van der Waals surface area contributed by atoms with Crippen molar-refractivity contribution < 1.29 is 22.6 Å². The largest absolute Gasteiger partial charge is 0.496 e. The highest BCUT2D eigenvalue weighted by Gasteiger charge is 2.27. The minimum absolute atomic E-state index is 0.0189. The zero-order valence-corrected chi connectivity index (χ0v) is 13.3. The van der Waals surface area contributed by atoms with Crippen LogP contribution in [0, 0.1) is 0 Å². The molecule has 0 radical (unpaired) electrons. The normalized spacial score (nSPS) is 13.4. The van der Waals surface area contributed by atoms with Crippen LogP contribution in [0.25, 0.3) is 0 Å². The van der Waals surface area contributed by atoms with Gasteiger partial charge in [0.15, 0.2) is 0 Å². The summed E-state index contributed by atoms with van der Waals surface area (Å²) in [5.41, 5.74) is 0.868. The van der Waals surface area contributed by atoms with Crippen molar-refractivity contribution in [1.29, 1.82) is 0 Å². The number of methoxy groups -OCH3 is 1. The Bertz CT molecular complexity index is 410. The van der Waals surface area contributed by atoms with Gasteiger partial charge in [0.1, 0.15) is 12.4 Å². The fraction of sp³-hybridized carbons (Fsp3) is 0.500. The van der Waals surface area contributed by atoms with Gasteiger partial charge in [-0.25, -0.2) is 0 Å². The molecule has 7 heteroatoms. The average Bonchev–Trinajstić information content (AvgIpc) is 2.33. The molecule has 0 N–H and O–H groups in total. The fourth-order valence-corrected chi connectivity index (χ4v) is 2.40. The summed E-state index contributed by atoms with van der Waals surface area (Å²) >= 11 is 6.78. The van der Waals surface area contributed by atoms with E-state index in [1.165, 1.54) is 0 Å². The van der Waals surface area contributed by atoms with Crippen molar-refractivity contribution in [1.82, 2.24) is 0 Å². The first-order chi connectivity index (χ1) is 8.83. The molecule has 0 spiro atoms. The summed E-state index contributed by atoms with van der Waals surface area (Å²) in [5.74, 6) is 0.681. The molecule has 0 aliphatic rings. The van der Waals surface area contributed by atoms with Gasteiger partial charge >= 0.3 is 6.18 Å². The van der Waals surface area contributed by atoms with Crippen LogP contribution in [0.1, 0.15) is 16.8 Å². The second-order valence-electron chi connectivity index (χ2n) is 3.81. The van der Waals surface area contributed by atoms with Gasteiger partial charge in [0.05, 0.1) is 7.11 Å². The molecule has 1 unspecified atom stereocenters. The molecule has 0 aromatic heterocycles. The minimum atomic E-state index is -4.28. The van der Waals surface area contributed by atoms with Crippen molar-refractivity contribution in [3.05, 3.63) is 28.2 Å². The van der Waals surface area contributed by atoms with E-state index in [0.29, 0.717) is 12.2 Å². The zero-order chi connectivity index (χ0) is 14.5. The lowest BCUT2D eigenvalue weighted by molar-refractivity contribution is -0.174. The summed E-state index contributed by atoms with van der Waals surface area (Å²) in [6, 6.07) is 5.49. The van der Waals surface area contributed by atoms with E-state index in [0.717, 1.165) is 10.0 Å². The summed E-state index contributed by atoms with van der Waals surface area (Å²) in [6.07, 6.45) is -3.86. The van der Waals surface area contributed by atoms with Crippen LogP contribution < -0.4 is 4.74 Å². The molecular weight excluding hydrogens is 393 g/mol. The van der Waals surface area contributed by atoms with Gasteiger partial charge < -0.3 is 9.47 Å². The molecule has 0 fully saturated rings. The Labute approximate surface area is 126 Å². The van der Waals surface area contributed by atoms with E-state index in [2.05, 4.69) is 36.6 Å². The van der Waals surface area contributed by atoms with Crippen LogP contribution in [-0.4, -0.2) is 26.5 Å². The maximum Gasteiger partial charge on any atom is 0.411 e. The first-order valence-electron chi connectivity index (χ1n) is 5.45. The van der Waals surface area contributed by atoms with E-state index in [1.807, 2.05) is 12.1 Å². The second-order valence-corrected chi connectivity index (χ2v) is 5.83. The first kappa shape index (κ1) is 16.8. The number of hydrogen-bond acceptors (Lipinski definition) is 2. The molecule has 1 aromatic carbocycles. The summed E-state index contributed by atoms with van der Waals surface area (Å²) < 4.78 is 46.4. The second kappa shape index (κ2) is 7.50. The van der Waals surface area contributed by atoms with Crippen LogP contribution >= 0.6 is 31.9 Å². The van der Waals surface area contributed by atoms with Crippen molar-refractivity contribution in [3.63, 3.8) is 0 Å². The van der Waals surface area contributed by atoms with Crippen LogP contribution in [0.5, 0.6) is 5.75 Å². The zero-order valence-electron chi connectivity index (χ0n) is 10.1. The summed E-state index contributed by atoms with van der Waals surface area (Å²) in [4.78, 5) is -0.131. The van der Waals surface area contributed by atoms with E-state index < -0.39 is 12.8 Å². The molecule has 19 heavy (non-hydrogen) atoms. The minimum Gasteiger partial charge on any atom is -0.496 e. The average molecular weight is 406 g/mol. The lowest BCUT2D eigenvalue weighted by Gasteiger charge is -2.15. The van der Waals surface area contributed by atoms with Crippen LogP contribution in [0.4, 0.5) is 13.2 Å². The Kier molecular flexibility index (Phi) is 6.62. The Balaban J connectivity index is 2.53. The molecular formula is C12H13Br2F3O2. The lowest BCUT2D eigenvalue weighted by atomic mass is 10.1. The highest BCUT2D eigenvalue weighted by Crippen LogP contribution is 2.35. The number of halogens is 5. The van der Waals surface area contributed by atoms with E-state index in [1.54, 1.807) is 13.2 Å². The Morgan fingerprint density at radius 1 is 1.32 bits per heavy atom. The van der Waals surface area contributed by atoms with Gasteiger partial charge in [0.25, 0.3) is 0 Å². The maximum absolute atomic E-state index is 11.9. The van der Waals surface area contributed by atoms with Gasteiger partial charge in [-0.2, -0.15) is 13.2 Å². The molecule has 0 bridgehead atoms. The number of ether oxygens (including phenoxy) is 2. The molecule has 1 atom stereocenters. The molecule has 0 aliphatic carbocycles. The van der Waals surface area contributed by atoms with Crippen molar-refractivity contribution >= 4 is 31.9 Å². The van der Waals surface area contributed by atoms with E-state index >= 15 is 0 Å². The molecule has 1 rings (SSSR count). The Morgan fingerprint density at radius 3 is 2.58 bits per heavy atom. The standard InChI is InChI=1S/C12H13Br2F3O2/c1-18-11-3-2-8(13)6-9(11)10(14)4-5-19-7-12(15,16)17/h2-3,6,10H,4-5,7H2,1H3. The van der Waals surface area contributed by atoms with Gasteiger partial charge in [-0.15, -0.1) is 0 Å². The highest BCUT2D eigenvalue weighted by molar-refractivity contribution is 9.10. The predicted molar refractivity (Wildman–Crippen MR) is 73.9 cm³/mol. The molecule has 2 nitrogen and oxygen atoms in total. The Morgan fingerprint density at radius 2 is 2.00 bits per heavy atom. The van der Waals surface area contributed by atoms with Crippen molar-refractivity contribution in [2.75, 3.05) is 20.3 Å². The lowest BCUT2D eigenvalue weighted by Crippen LogP contribution is -2.17. The molecule has 0 aliphatic heterocycles. The number of benzene rings is 1. The third kappa shape index (κ3) is 6.14. The van der Waals surface area contributed by atoms with Crippen LogP contribution in [0.2, 0.25) is 0 Å². The van der Waals surface area contributed by atoms with E-state index in [9.17, 15) is 13.2 Å². The third-order valence-corrected chi connectivity index (χ3v) is 3.75. The molecule has 0 amide bonds. The van der Waals surface area contributed by atoms with Crippen molar-refractivity contribution in [2.24, 2.45) is 0 Å². The topological polar surface area (TPSA) is 18.5 Å². The highest BCUT2D eigenvalue weighted by atomic mass is 79.9. The smallest absolute Gasteiger partial charge is 0.411 e. The molecule has 1 aromatic rings. The summed E-state index contributed by atoms with van der Waals surface area (Å²) in [5, 5.41) is 0. The van der Waals surface area contributed by atoms with Crippen molar-refractivity contribution in [2.45, 2.75) is 17.4 Å². The monoisotopic (exact) mass is 404 g/mol. The van der Waals surface area contributed by atoms with Gasteiger partial charge in [0.2, 0.25) is 0 Å². The summed E-state index contributed by atoms with van der Waals surface area (Å²) in [7, 11) is 1.55. The van der Waals surface area contributed by atoms with Gasteiger partial charge in [-0.3, -0.25) is 0 Å². The fourth-order valence-electron chi connectivity index (χ4n) is 1.48. The first-order valence-corrected chi connectivity index (χ1v) is 7.16. The third-order valence-electron chi connectivity index (χ3n) is 2.31. The number of hydrogen-bond donors (Lipinski definition) is 0. The quantitative estimate of drug-likeness (QED) is 0.496. The van der Waals surface area contributed by atoms with Crippen molar-refractivity contribution in [3.8, 4) is 5.75 Å². The van der Waals surface area contributed by atoms with Crippen LogP contribution in [0.3, 0.4) is 0 Å². The SMILES string of the molecule is COc1ccc(Br)cc1C(Br)CCOCC(F)(F)F. The van der Waals surface area contributed by atoms with Crippen LogP contribution in [0.15, 0.2) is 22.7 Å².